The summed E-state index contributed by atoms with van der Waals surface area (Å²) >= 11 is 7.24. The maximum atomic E-state index is 15.3. The molecule has 5 rings (SSSR count). The number of nitrogens with zero attached hydrogens (tertiary/aromatic N) is 4. The first-order valence-electron chi connectivity index (χ1n) is 29.8. The third-order valence-corrected chi connectivity index (χ3v) is 16.7. The highest BCUT2D eigenvalue weighted by atomic mass is 79.9. The first-order chi connectivity index (χ1) is 36.3. The van der Waals surface area contributed by atoms with E-state index in [4.69, 9.17) is 28.9 Å². The summed E-state index contributed by atoms with van der Waals surface area (Å²) in [6.07, 6.45) is 16.5. The number of benzene rings is 2. The van der Waals surface area contributed by atoms with Gasteiger partial charge in [0.25, 0.3) is 0 Å². The zero-order chi connectivity index (χ0) is 55.3. The standard InChI is InChI=1S/C64H100Br2N4O6/c1-43(2)17-13-21-47(9)33-37-73-55(74-38-34-48(10)22-14-18-44(3)4)41-69-61-59(57(63(69)71)51-25-29-53(65)30-26-51)68-62-60(67-61)58(52-27-31-54(66)32-28-52)64(72)70(62)42-56(75-39-35-49(11)23-15-19-45(5)6)76-40-36-50(12)24-16-20-46(7)8/h25-32,43-50,55-58H,13-24,33-42H2,1-12H3. The van der Waals surface area contributed by atoms with Crippen LogP contribution in [0.3, 0.4) is 0 Å². The Labute approximate surface area is 478 Å². The average Bonchev–Trinajstić information content (AvgIpc) is 3.77. The minimum atomic E-state index is -0.759. The van der Waals surface area contributed by atoms with E-state index in [1.165, 1.54) is 51.4 Å². The molecule has 10 nitrogen and oxygen atoms in total. The fourth-order valence-corrected chi connectivity index (χ4v) is 11.1. The highest BCUT2D eigenvalue weighted by Crippen LogP contribution is 2.47. The van der Waals surface area contributed by atoms with Crippen LogP contribution in [0.2, 0.25) is 0 Å². The van der Waals surface area contributed by atoms with E-state index in [0.717, 1.165) is 71.4 Å². The van der Waals surface area contributed by atoms with Crippen molar-refractivity contribution >= 4 is 55.3 Å². The fraction of sp³-hybridized carbons (Fsp3) is 0.719. The second-order valence-electron chi connectivity index (χ2n) is 24.7. The van der Waals surface area contributed by atoms with Gasteiger partial charge in [-0.3, -0.25) is 19.4 Å². The molecule has 2 aliphatic heterocycles. The van der Waals surface area contributed by atoms with Crippen LogP contribution in [-0.2, 0) is 28.5 Å². The van der Waals surface area contributed by atoms with Gasteiger partial charge in [-0.25, -0.2) is 9.97 Å². The Morgan fingerprint density at radius 2 is 0.671 bits per heavy atom. The zero-order valence-corrected chi connectivity index (χ0v) is 52.3. The van der Waals surface area contributed by atoms with Gasteiger partial charge >= 0.3 is 0 Å². The first-order valence-corrected chi connectivity index (χ1v) is 31.4. The summed E-state index contributed by atoms with van der Waals surface area (Å²) in [5.74, 6) is 3.84. The molecule has 0 fully saturated rings. The van der Waals surface area contributed by atoms with Crippen LogP contribution in [0, 0.1) is 47.3 Å². The summed E-state index contributed by atoms with van der Waals surface area (Å²) < 4.78 is 28.5. The van der Waals surface area contributed by atoms with Crippen molar-refractivity contribution in [3.05, 3.63) is 80.0 Å². The van der Waals surface area contributed by atoms with Crippen molar-refractivity contribution in [2.24, 2.45) is 47.3 Å². The van der Waals surface area contributed by atoms with Crippen molar-refractivity contribution in [1.29, 1.82) is 0 Å². The maximum Gasteiger partial charge on any atom is 0.242 e. The highest BCUT2D eigenvalue weighted by Gasteiger charge is 2.48. The third-order valence-electron chi connectivity index (χ3n) is 15.6. The van der Waals surface area contributed by atoms with Crippen molar-refractivity contribution < 1.29 is 28.5 Å². The Bertz CT molecular complexity index is 1950. The van der Waals surface area contributed by atoms with Gasteiger partial charge in [0.15, 0.2) is 24.2 Å². The van der Waals surface area contributed by atoms with Crippen molar-refractivity contribution in [2.45, 2.75) is 210 Å². The number of rotatable bonds is 38. The van der Waals surface area contributed by atoms with Crippen molar-refractivity contribution in [1.82, 2.24) is 9.97 Å². The number of amides is 2. The molecule has 0 aliphatic carbocycles. The molecule has 1 aromatic heterocycles. The van der Waals surface area contributed by atoms with Gasteiger partial charge in [-0.1, -0.05) is 216 Å². The molecule has 12 heteroatoms. The monoisotopic (exact) mass is 1180 g/mol. The second-order valence-corrected chi connectivity index (χ2v) is 26.6. The van der Waals surface area contributed by atoms with Gasteiger partial charge in [0.2, 0.25) is 11.8 Å². The van der Waals surface area contributed by atoms with E-state index in [2.05, 4.69) is 115 Å². The van der Waals surface area contributed by atoms with Crippen LogP contribution in [0.15, 0.2) is 57.5 Å². The molecule has 0 bridgehead atoms. The summed E-state index contributed by atoms with van der Waals surface area (Å²) in [5.41, 5.74) is 2.62. The molecule has 6 atom stereocenters. The molecule has 0 radical (unpaired) electrons. The van der Waals surface area contributed by atoms with Crippen LogP contribution in [-0.4, -0.2) is 73.9 Å². The fourth-order valence-electron chi connectivity index (χ4n) is 10.5. The number of fused-ring (bicyclic) bond motifs is 2. The molecule has 2 aliphatic rings. The molecular formula is C64H100Br2N4O6. The van der Waals surface area contributed by atoms with Crippen LogP contribution in [0.25, 0.3) is 0 Å². The van der Waals surface area contributed by atoms with Crippen LogP contribution in [0.4, 0.5) is 11.6 Å². The molecule has 426 valence electrons. The molecule has 76 heavy (non-hydrogen) atoms. The SMILES string of the molecule is CC(C)CCCC(C)CCOC(CN1C(=O)C(c2ccc(Br)cc2)c2nc3c(nc21)C(c1ccc(Br)cc1)C(=O)N3CC(OCCC(C)CCCC(C)C)OCCC(C)CCCC(C)C)OCCC(C)CCCC(C)C. The molecule has 0 saturated carbocycles. The second kappa shape index (κ2) is 33.1. The lowest BCUT2D eigenvalue weighted by Gasteiger charge is -2.26. The van der Waals surface area contributed by atoms with Gasteiger partial charge in [-0.2, -0.15) is 0 Å². The van der Waals surface area contributed by atoms with E-state index in [0.29, 0.717) is 96.8 Å². The van der Waals surface area contributed by atoms with Crippen molar-refractivity contribution in [3.63, 3.8) is 0 Å². The molecule has 0 saturated heterocycles. The predicted octanol–water partition coefficient (Wildman–Crippen LogP) is 17.1. The van der Waals surface area contributed by atoms with Gasteiger partial charge in [-0.15, -0.1) is 0 Å². The number of carbonyl (C=O) groups is 2. The largest absolute Gasteiger partial charge is 0.351 e. The van der Waals surface area contributed by atoms with Crippen LogP contribution in [0.1, 0.15) is 220 Å². The van der Waals surface area contributed by atoms with E-state index < -0.39 is 24.4 Å². The lowest BCUT2D eigenvalue weighted by atomic mass is 9.95. The van der Waals surface area contributed by atoms with Crippen LogP contribution >= 0.6 is 31.9 Å². The number of ether oxygens (including phenoxy) is 4. The van der Waals surface area contributed by atoms with E-state index in [1.54, 1.807) is 9.80 Å². The number of aromatic nitrogens is 2. The highest BCUT2D eigenvalue weighted by molar-refractivity contribution is 9.10. The van der Waals surface area contributed by atoms with Gasteiger partial charge in [0.05, 0.1) is 39.5 Å². The third kappa shape index (κ3) is 21.1. The number of carbonyl (C=O) groups excluding carboxylic acids is 2. The molecule has 0 N–H and O–H groups in total. The maximum absolute atomic E-state index is 15.3. The quantitative estimate of drug-likeness (QED) is 0.0523. The predicted molar refractivity (Wildman–Crippen MR) is 320 cm³/mol. The lowest BCUT2D eigenvalue weighted by Crippen LogP contribution is -2.39. The Hall–Kier alpha value is -2.74. The van der Waals surface area contributed by atoms with Crippen LogP contribution in [0.5, 0.6) is 0 Å². The summed E-state index contributed by atoms with van der Waals surface area (Å²) in [6, 6.07) is 15.7. The normalized spacial score (nSPS) is 18.1. The average molecular weight is 1180 g/mol. The minimum Gasteiger partial charge on any atom is -0.351 e. The molecule has 3 aromatic rings. The van der Waals surface area contributed by atoms with E-state index >= 15 is 9.59 Å². The molecule has 2 aromatic carbocycles. The smallest absolute Gasteiger partial charge is 0.242 e. The van der Waals surface area contributed by atoms with E-state index in [9.17, 15) is 0 Å². The molecule has 6 unspecified atom stereocenters. The number of anilines is 2. The van der Waals surface area contributed by atoms with Crippen molar-refractivity contribution in [2.75, 3.05) is 49.3 Å². The van der Waals surface area contributed by atoms with Gasteiger partial charge in [0.1, 0.15) is 23.2 Å². The van der Waals surface area contributed by atoms with Gasteiger partial charge in [-0.05, 0) is 108 Å². The number of hydrogen-bond acceptors (Lipinski definition) is 8. The Morgan fingerprint density at radius 3 is 0.921 bits per heavy atom. The minimum absolute atomic E-state index is 0.144. The van der Waals surface area contributed by atoms with E-state index in [1.807, 2.05) is 48.5 Å². The molecule has 2 amide bonds. The number of halogens is 2. The lowest BCUT2D eigenvalue weighted by molar-refractivity contribution is -0.143. The topological polar surface area (TPSA) is 103 Å². The number of hydrogen-bond donors (Lipinski definition) is 0. The van der Waals surface area contributed by atoms with Crippen LogP contribution < -0.4 is 9.80 Å². The zero-order valence-electron chi connectivity index (χ0n) is 49.1. The molecule has 0 spiro atoms. The summed E-state index contributed by atoms with van der Waals surface area (Å²) in [5, 5.41) is 0. The van der Waals surface area contributed by atoms with Crippen molar-refractivity contribution in [3.8, 4) is 0 Å². The molecular weight excluding hydrogens is 1080 g/mol. The first kappa shape index (κ1) is 64.1. The summed E-state index contributed by atoms with van der Waals surface area (Å²) in [4.78, 5) is 44.9. The van der Waals surface area contributed by atoms with E-state index in [-0.39, 0.29) is 24.9 Å². The molecule has 3 heterocycles. The van der Waals surface area contributed by atoms with Gasteiger partial charge < -0.3 is 18.9 Å². The Morgan fingerprint density at radius 1 is 0.408 bits per heavy atom. The van der Waals surface area contributed by atoms with Gasteiger partial charge in [0, 0.05) is 8.95 Å². The Kier molecular flexibility index (Phi) is 27.9. The summed E-state index contributed by atoms with van der Waals surface area (Å²) in [6.45, 7) is 29.8. The summed E-state index contributed by atoms with van der Waals surface area (Å²) in [7, 11) is 0. The Balaban J connectivity index is 1.51.